The largest absolute Gasteiger partial charge is 0.475 e. The average molecular weight is 516 g/mol. The highest BCUT2D eigenvalue weighted by molar-refractivity contribution is 7.48. The second-order valence-electron chi connectivity index (χ2n) is 7.45. The third-order valence-corrected chi connectivity index (χ3v) is 7.11. The van der Waals surface area contributed by atoms with Gasteiger partial charge in [0.25, 0.3) is 5.56 Å². The molecule has 2 fully saturated rings. The number of hydrogen-bond donors (Lipinski definition) is 3. The zero-order valence-corrected chi connectivity index (χ0v) is 18.9. The van der Waals surface area contributed by atoms with Gasteiger partial charge >= 0.3 is 13.5 Å². The fourth-order valence-electron chi connectivity index (χ4n) is 3.63. The predicted molar refractivity (Wildman–Crippen MR) is 115 cm³/mol. The number of benzene rings is 1. The van der Waals surface area contributed by atoms with E-state index in [0.717, 1.165) is 16.8 Å². The monoisotopic (exact) mass is 515 g/mol. The van der Waals surface area contributed by atoms with Crippen LogP contribution < -0.4 is 11.2 Å². The molecule has 1 aromatic carbocycles. The van der Waals surface area contributed by atoms with Gasteiger partial charge in [0.05, 0.1) is 19.3 Å². The van der Waals surface area contributed by atoms with Crippen molar-refractivity contribution in [3.63, 3.8) is 0 Å². The van der Waals surface area contributed by atoms with Gasteiger partial charge < -0.3 is 14.9 Å². The molecule has 6 atom stereocenters. The molecule has 1 unspecified atom stereocenters. The Morgan fingerprint density at radius 3 is 2.82 bits per heavy atom. The van der Waals surface area contributed by atoms with E-state index < -0.39 is 55.9 Å². The summed E-state index contributed by atoms with van der Waals surface area (Å²) in [7, 11) is -4.26. The molecular weight excluding hydrogens is 497 g/mol. The lowest BCUT2D eigenvalue weighted by Gasteiger charge is -2.32. The van der Waals surface area contributed by atoms with E-state index in [-0.39, 0.29) is 6.61 Å². The average Bonchev–Trinajstić information content (AvgIpc) is 3.04. The van der Waals surface area contributed by atoms with E-state index in [2.05, 4.69) is 10.0 Å². The van der Waals surface area contributed by atoms with Gasteiger partial charge in [-0.05, 0) is 11.6 Å². The summed E-state index contributed by atoms with van der Waals surface area (Å²) in [5, 5.41) is 24.9. The lowest BCUT2D eigenvalue weighted by atomic mass is 10.1. The van der Waals surface area contributed by atoms with Gasteiger partial charge in [0.15, 0.2) is 6.23 Å². The van der Waals surface area contributed by atoms with Crippen LogP contribution in [0.4, 0.5) is 0 Å². The molecule has 182 valence electrons. The van der Waals surface area contributed by atoms with Crippen molar-refractivity contribution in [2.24, 2.45) is 5.11 Å². The standard InChI is InChI=1S/C18H19ClN5O9P/c19-11-4-2-1-3-10(11)12-6-8-30-34(29,33-12)31-9-18(22-23-20)15(27)14(26)16(32-18)24-7-5-13(25)21-17(24)28/h1-5,7,12,14-16,26-27H,6,8-9H2,(H,21,25,28)/t12-,14+,15-,16+,18+,34?/m0/s1. The van der Waals surface area contributed by atoms with Gasteiger partial charge in [0, 0.05) is 34.2 Å². The lowest BCUT2D eigenvalue weighted by molar-refractivity contribution is -0.127. The molecule has 0 aliphatic carbocycles. The van der Waals surface area contributed by atoms with E-state index in [4.69, 9.17) is 35.4 Å². The Labute approximate surface area is 195 Å². The Kier molecular flexibility index (Phi) is 6.97. The van der Waals surface area contributed by atoms with Crippen LogP contribution in [0.15, 0.2) is 51.2 Å². The number of rotatable bonds is 6. The van der Waals surface area contributed by atoms with Gasteiger partial charge in [-0.2, -0.15) is 0 Å². The van der Waals surface area contributed by atoms with Gasteiger partial charge in [-0.15, -0.1) is 0 Å². The van der Waals surface area contributed by atoms with E-state index in [1.165, 1.54) is 0 Å². The summed E-state index contributed by atoms with van der Waals surface area (Å²) in [6.07, 6.45) is -4.65. The number of H-pyrrole nitrogens is 1. The maximum atomic E-state index is 13.1. The summed E-state index contributed by atoms with van der Waals surface area (Å²) in [5.41, 5.74) is 5.64. The molecule has 2 aromatic rings. The van der Waals surface area contributed by atoms with Crippen molar-refractivity contribution in [1.82, 2.24) is 9.55 Å². The minimum atomic E-state index is -4.26. The number of nitrogens with zero attached hydrogens (tertiary/aromatic N) is 4. The van der Waals surface area contributed by atoms with Crippen LogP contribution in [0.25, 0.3) is 10.4 Å². The van der Waals surface area contributed by atoms with Crippen LogP contribution in [0.2, 0.25) is 5.02 Å². The first-order valence-electron chi connectivity index (χ1n) is 9.92. The zero-order valence-electron chi connectivity index (χ0n) is 17.3. The van der Waals surface area contributed by atoms with Gasteiger partial charge in [-0.25, -0.2) is 9.36 Å². The summed E-state index contributed by atoms with van der Waals surface area (Å²) in [4.78, 5) is 28.0. The smallest absolute Gasteiger partial charge is 0.387 e. The SMILES string of the molecule is [N-]=[N+]=N[C@]1(COP2(=O)OCC[C@@H](c3ccccc3Cl)O2)O[C@@H](n2ccc(=O)[nH]c2=O)[C@H](O)[C@@H]1O. The predicted octanol–water partition coefficient (Wildman–Crippen LogP) is 1.75. The van der Waals surface area contributed by atoms with E-state index in [0.29, 0.717) is 17.0 Å². The Bertz CT molecular complexity index is 1280. The van der Waals surface area contributed by atoms with Crippen LogP contribution in [0.3, 0.4) is 0 Å². The molecule has 4 rings (SSSR count). The molecule has 34 heavy (non-hydrogen) atoms. The van der Waals surface area contributed by atoms with Crippen molar-refractivity contribution in [1.29, 1.82) is 0 Å². The zero-order chi connectivity index (χ0) is 24.5. The highest BCUT2D eigenvalue weighted by atomic mass is 35.5. The number of phosphoric ester groups is 1. The molecule has 2 saturated heterocycles. The molecular formula is C18H19ClN5O9P. The lowest BCUT2D eigenvalue weighted by Crippen LogP contribution is -2.45. The molecule has 0 saturated carbocycles. The van der Waals surface area contributed by atoms with Crippen molar-refractivity contribution in [3.05, 3.63) is 78.4 Å². The van der Waals surface area contributed by atoms with Crippen molar-refractivity contribution in [2.45, 2.75) is 36.7 Å². The van der Waals surface area contributed by atoms with Gasteiger partial charge in [0.2, 0.25) is 5.72 Å². The Hall–Kier alpha value is -2.51. The van der Waals surface area contributed by atoms with Gasteiger partial charge in [-0.3, -0.25) is 27.9 Å². The van der Waals surface area contributed by atoms with Crippen LogP contribution in [0.1, 0.15) is 24.3 Å². The maximum Gasteiger partial charge on any atom is 0.475 e. The van der Waals surface area contributed by atoms with E-state index in [1.54, 1.807) is 24.3 Å². The summed E-state index contributed by atoms with van der Waals surface area (Å²) in [6.45, 7) is -0.875. The second-order valence-corrected chi connectivity index (χ2v) is 9.48. The Balaban J connectivity index is 1.56. The fraction of sp³-hybridized carbons (Fsp3) is 0.444. The highest BCUT2D eigenvalue weighted by Crippen LogP contribution is 2.58. The number of aliphatic hydroxyl groups is 2. The first-order valence-corrected chi connectivity index (χ1v) is 11.8. The molecule has 0 radical (unpaired) electrons. The fourth-order valence-corrected chi connectivity index (χ4v) is 5.28. The van der Waals surface area contributed by atoms with Crippen LogP contribution >= 0.6 is 19.4 Å². The highest BCUT2D eigenvalue weighted by Gasteiger charge is 2.56. The molecule has 1 aromatic heterocycles. The van der Waals surface area contributed by atoms with Gasteiger partial charge in [-0.1, -0.05) is 34.9 Å². The topological polar surface area (TPSA) is 198 Å². The van der Waals surface area contributed by atoms with E-state index in [9.17, 15) is 24.4 Å². The minimum Gasteiger partial charge on any atom is -0.387 e. The van der Waals surface area contributed by atoms with Crippen molar-refractivity contribution in [3.8, 4) is 0 Å². The third kappa shape index (κ3) is 4.68. The van der Waals surface area contributed by atoms with E-state index in [1.807, 2.05) is 4.98 Å². The van der Waals surface area contributed by atoms with Crippen LogP contribution in [-0.2, 0) is 22.9 Å². The Morgan fingerprint density at radius 2 is 2.12 bits per heavy atom. The molecule has 2 aliphatic heterocycles. The summed E-state index contributed by atoms with van der Waals surface area (Å²) in [6, 6.07) is 7.77. The number of aromatic amines is 1. The molecule has 0 amide bonds. The van der Waals surface area contributed by atoms with Crippen LogP contribution in [-0.4, -0.2) is 50.9 Å². The minimum absolute atomic E-state index is 0.0108. The molecule has 14 nitrogen and oxygen atoms in total. The van der Waals surface area contributed by atoms with Crippen LogP contribution in [0.5, 0.6) is 0 Å². The van der Waals surface area contributed by atoms with E-state index >= 15 is 0 Å². The quantitative estimate of drug-likeness (QED) is 0.222. The summed E-state index contributed by atoms with van der Waals surface area (Å²) in [5.74, 6) is 0. The molecule has 2 aliphatic rings. The molecule has 3 heterocycles. The first kappa shape index (κ1) is 24.6. The van der Waals surface area contributed by atoms with Crippen molar-refractivity contribution in [2.75, 3.05) is 13.2 Å². The van der Waals surface area contributed by atoms with Gasteiger partial charge in [0.1, 0.15) is 12.2 Å². The summed E-state index contributed by atoms with van der Waals surface area (Å²) >= 11 is 6.19. The number of azide groups is 1. The van der Waals surface area contributed by atoms with Crippen LogP contribution in [0, 0.1) is 0 Å². The molecule has 3 N–H and O–H groups in total. The normalized spacial score (nSPS) is 33.4. The number of phosphoric acid groups is 1. The Morgan fingerprint density at radius 1 is 1.35 bits per heavy atom. The molecule has 0 spiro atoms. The number of hydrogen-bond acceptors (Lipinski definition) is 10. The van der Waals surface area contributed by atoms with Crippen molar-refractivity contribution >= 4 is 19.4 Å². The first-order chi connectivity index (χ1) is 16.2. The number of aromatic nitrogens is 2. The second kappa shape index (κ2) is 9.62. The molecule has 16 heteroatoms. The van der Waals surface area contributed by atoms with Crippen molar-refractivity contribution < 1.29 is 33.1 Å². The number of nitrogens with one attached hydrogen (secondary N) is 1. The third-order valence-electron chi connectivity index (χ3n) is 5.31. The maximum absolute atomic E-state index is 13.1. The summed E-state index contributed by atoms with van der Waals surface area (Å²) < 4.78 is 35.5. The number of halogens is 1. The molecule has 0 bridgehead atoms. The number of aliphatic hydroxyl groups excluding tert-OH is 2. The number of ether oxygens (including phenoxy) is 1.